The summed E-state index contributed by atoms with van der Waals surface area (Å²) in [5, 5.41) is 1.59. The van der Waals surface area contributed by atoms with Crippen molar-refractivity contribution in [1.82, 2.24) is 4.81 Å². The minimum atomic E-state index is -0.889. The molecule has 2 radical (unpaired) electrons. The molecule has 0 aromatic heterocycles. The molecule has 1 aliphatic rings. The van der Waals surface area contributed by atoms with Gasteiger partial charge in [0.1, 0.15) is 0 Å². The molecule has 1 heterocycles. The highest BCUT2D eigenvalue weighted by Crippen LogP contribution is 2.46. The summed E-state index contributed by atoms with van der Waals surface area (Å²) in [5.41, 5.74) is 0.275. The lowest BCUT2D eigenvalue weighted by molar-refractivity contribution is 0.512. The summed E-state index contributed by atoms with van der Waals surface area (Å²) >= 11 is 0. The van der Waals surface area contributed by atoms with Gasteiger partial charge in [0.2, 0.25) is 0 Å². The van der Waals surface area contributed by atoms with Gasteiger partial charge in [0.25, 0.3) is 6.85 Å². The van der Waals surface area contributed by atoms with E-state index in [1.54, 1.807) is 5.19 Å². The number of hydrogen-bond donors (Lipinski definition) is 0. The molecular formula is C11H23BNP. The fourth-order valence-corrected chi connectivity index (χ4v) is 3.96. The van der Waals surface area contributed by atoms with E-state index in [1.165, 1.54) is 6.32 Å². The van der Waals surface area contributed by atoms with Gasteiger partial charge in [0, 0.05) is 6.42 Å². The van der Waals surface area contributed by atoms with Crippen LogP contribution in [-0.2, 0) is 0 Å². The summed E-state index contributed by atoms with van der Waals surface area (Å²) in [4.78, 5) is 2.35. The van der Waals surface area contributed by atoms with Crippen LogP contribution in [0.25, 0.3) is 0 Å². The third kappa shape index (κ3) is 2.67. The van der Waals surface area contributed by atoms with Gasteiger partial charge in [-0.1, -0.05) is 19.0 Å². The van der Waals surface area contributed by atoms with Crippen LogP contribution in [-0.4, -0.2) is 50.9 Å². The fourth-order valence-electron chi connectivity index (χ4n) is 2.10. The molecule has 1 nitrogen and oxygen atoms in total. The van der Waals surface area contributed by atoms with Gasteiger partial charge in [-0.2, -0.15) is 0 Å². The molecule has 80 valence electrons. The van der Waals surface area contributed by atoms with Crippen molar-refractivity contribution in [3.63, 3.8) is 0 Å². The first-order valence-electron chi connectivity index (χ1n) is 5.27. The normalized spacial score (nSPS) is 22.3. The van der Waals surface area contributed by atoms with Crippen LogP contribution in [0.4, 0.5) is 0 Å². The Balaban J connectivity index is 3.08. The Kier molecular flexibility index (Phi) is 3.29. The van der Waals surface area contributed by atoms with Crippen molar-refractivity contribution in [2.24, 2.45) is 5.41 Å². The molecule has 0 saturated carbocycles. The molecule has 1 aliphatic heterocycles. The topological polar surface area (TPSA) is 3.24 Å². The maximum Gasteiger partial charge on any atom is 0.254 e. The largest absolute Gasteiger partial charge is 0.344 e. The molecule has 14 heavy (non-hydrogen) atoms. The van der Waals surface area contributed by atoms with Crippen LogP contribution in [0, 0.1) is 11.8 Å². The quantitative estimate of drug-likeness (QED) is 0.475. The van der Waals surface area contributed by atoms with Crippen molar-refractivity contribution in [2.75, 3.05) is 34.1 Å². The average Bonchev–Trinajstić information content (AvgIpc) is 2.24. The van der Waals surface area contributed by atoms with Crippen molar-refractivity contribution in [3.8, 4) is 0 Å². The average molecular weight is 211 g/mol. The molecule has 0 bridgehead atoms. The van der Waals surface area contributed by atoms with Crippen LogP contribution in [0.1, 0.15) is 13.8 Å². The predicted molar refractivity (Wildman–Crippen MR) is 71.0 cm³/mol. The molecule has 3 heteroatoms. The third-order valence-corrected chi connectivity index (χ3v) is 4.69. The van der Waals surface area contributed by atoms with Crippen LogP contribution in [0.2, 0.25) is 6.32 Å². The minimum Gasteiger partial charge on any atom is -0.344 e. The maximum absolute atomic E-state index is 3.73. The zero-order chi connectivity index (χ0) is 11.1. The number of rotatable bonds is 1. The minimum absolute atomic E-state index is 0.275. The third-order valence-electron chi connectivity index (χ3n) is 2.83. The van der Waals surface area contributed by atoms with Gasteiger partial charge in [-0.05, 0) is 45.8 Å². The number of nitrogens with zero attached hydrogens (tertiary/aromatic N) is 1. The summed E-state index contributed by atoms with van der Waals surface area (Å²) in [6.45, 7) is 11.5. The summed E-state index contributed by atoms with van der Waals surface area (Å²) in [5.74, 6) is 0. The second-order valence-electron chi connectivity index (χ2n) is 6.09. The van der Waals surface area contributed by atoms with Crippen molar-refractivity contribution < 1.29 is 0 Å². The van der Waals surface area contributed by atoms with Crippen molar-refractivity contribution in [1.29, 1.82) is 0 Å². The molecule has 1 fully saturated rings. The zero-order valence-corrected chi connectivity index (χ0v) is 11.6. The van der Waals surface area contributed by atoms with Gasteiger partial charge in [-0.3, -0.25) is 0 Å². The molecule has 1 saturated heterocycles. The van der Waals surface area contributed by atoms with E-state index in [2.05, 4.69) is 59.2 Å². The lowest BCUT2D eigenvalue weighted by Gasteiger charge is -2.22. The first-order valence-corrected chi connectivity index (χ1v) is 8.40. The van der Waals surface area contributed by atoms with E-state index < -0.39 is 6.89 Å². The summed E-state index contributed by atoms with van der Waals surface area (Å²) in [7, 11) is 4.37. The lowest BCUT2D eigenvalue weighted by atomic mass is 9.57. The lowest BCUT2D eigenvalue weighted by Crippen LogP contribution is -2.37. The Morgan fingerprint density at radius 1 is 1.29 bits per heavy atom. The molecular weight excluding hydrogens is 188 g/mol. The van der Waals surface area contributed by atoms with Crippen LogP contribution in [0.5, 0.6) is 0 Å². The molecule has 0 atom stereocenters. The molecule has 0 N–H and O–H groups in total. The van der Waals surface area contributed by atoms with E-state index in [0.717, 1.165) is 0 Å². The van der Waals surface area contributed by atoms with Gasteiger partial charge < -0.3 is 4.81 Å². The van der Waals surface area contributed by atoms with Crippen molar-refractivity contribution in [2.45, 2.75) is 20.2 Å². The Hall–Kier alpha value is 0.325. The van der Waals surface area contributed by atoms with Crippen LogP contribution in [0.15, 0.2) is 0 Å². The van der Waals surface area contributed by atoms with Gasteiger partial charge in [0.05, 0.1) is 0 Å². The van der Waals surface area contributed by atoms with Crippen LogP contribution in [0.3, 0.4) is 0 Å². The highest BCUT2D eigenvalue weighted by molar-refractivity contribution is 7.78. The smallest absolute Gasteiger partial charge is 0.254 e. The van der Waals surface area contributed by atoms with E-state index in [-0.39, 0.29) is 5.41 Å². The summed E-state index contributed by atoms with van der Waals surface area (Å²) in [6, 6.07) is 0. The molecule has 0 spiro atoms. The highest BCUT2D eigenvalue weighted by Gasteiger charge is 2.41. The Labute approximate surface area is 90.3 Å². The maximum atomic E-state index is 3.73. The van der Waals surface area contributed by atoms with Gasteiger partial charge in [0.15, 0.2) is 0 Å². The molecule has 0 amide bonds. The Morgan fingerprint density at radius 3 is 2.07 bits per heavy atom. The van der Waals surface area contributed by atoms with E-state index in [4.69, 9.17) is 0 Å². The van der Waals surface area contributed by atoms with E-state index in [0.29, 0.717) is 6.85 Å². The first-order chi connectivity index (χ1) is 6.13. The second-order valence-corrected chi connectivity index (χ2v) is 10.6. The van der Waals surface area contributed by atoms with Crippen molar-refractivity contribution in [3.05, 3.63) is 6.42 Å². The van der Waals surface area contributed by atoms with Gasteiger partial charge in [-0.25, -0.2) is 0 Å². The van der Waals surface area contributed by atoms with E-state index in [1.807, 2.05) is 0 Å². The van der Waals surface area contributed by atoms with E-state index >= 15 is 0 Å². The first kappa shape index (κ1) is 12.4. The second kappa shape index (κ2) is 3.72. The Bertz CT molecular complexity index is 267. The molecule has 1 rings (SSSR count). The Morgan fingerprint density at radius 2 is 1.79 bits per heavy atom. The monoisotopic (exact) mass is 211 g/mol. The fraction of sp³-hybridized carbons (Fsp3) is 0.818. The van der Waals surface area contributed by atoms with Crippen LogP contribution < -0.4 is 0 Å². The van der Waals surface area contributed by atoms with Crippen molar-refractivity contribution >= 4 is 18.9 Å². The molecule has 0 aromatic rings. The summed E-state index contributed by atoms with van der Waals surface area (Å²) < 4.78 is 0. The SMILES string of the molecule is CN(C)B1CC(C)(C)[C]C1=P(C)(C)C. The molecule has 0 unspecified atom stereocenters. The number of hydrogen-bond acceptors (Lipinski definition) is 1. The summed E-state index contributed by atoms with van der Waals surface area (Å²) in [6.07, 6.45) is 4.95. The van der Waals surface area contributed by atoms with Gasteiger partial charge in [-0.15, -0.1) is 6.89 Å². The van der Waals surface area contributed by atoms with E-state index in [9.17, 15) is 0 Å². The molecule has 0 aliphatic carbocycles. The van der Waals surface area contributed by atoms with Crippen LogP contribution >= 0.6 is 6.89 Å². The zero-order valence-electron chi connectivity index (χ0n) is 10.7. The standard InChI is InChI=1S/C11H23BNP/c1-11(2)8-10(14(5,6)7)12(9-11)13(3)4/h9H2,1-7H3. The van der Waals surface area contributed by atoms with Gasteiger partial charge >= 0.3 is 0 Å². The predicted octanol–water partition coefficient (Wildman–Crippen LogP) is 2.28. The highest BCUT2D eigenvalue weighted by atomic mass is 31.2. The molecule has 0 aromatic carbocycles.